The van der Waals surface area contributed by atoms with E-state index in [-0.39, 0.29) is 6.10 Å². The fraction of sp³-hybridized carbons (Fsp3) is 0.370. The van der Waals surface area contributed by atoms with Gasteiger partial charge in [0, 0.05) is 42.8 Å². The number of hydrogen-bond acceptors (Lipinski definition) is 5. The Balaban J connectivity index is 1.29. The summed E-state index contributed by atoms with van der Waals surface area (Å²) >= 11 is 0. The molecule has 170 valence electrons. The third-order valence-corrected chi connectivity index (χ3v) is 7.08. The number of carbonyl (C=O) groups excluding carboxylic acids is 1. The largest absolute Gasteiger partial charge is 0.454 e. The van der Waals surface area contributed by atoms with E-state index >= 15 is 0 Å². The number of likely N-dealkylation sites (N-methyl/N-ethyl adjacent to an activating group) is 1. The number of aromatic nitrogens is 2. The molecule has 0 amide bonds. The summed E-state index contributed by atoms with van der Waals surface area (Å²) in [7, 11) is 2.22. The lowest BCUT2D eigenvalue weighted by atomic mass is 9.91. The number of rotatable bonds is 6. The van der Waals surface area contributed by atoms with E-state index in [2.05, 4.69) is 17.0 Å². The first-order chi connectivity index (χ1) is 16.0. The molecule has 1 fully saturated rings. The number of quaternary nitrogens is 1. The van der Waals surface area contributed by atoms with Gasteiger partial charge in [-0.1, -0.05) is 48.5 Å². The van der Waals surface area contributed by atoms with Gasteiger partial charge in [0.1, 0.15) is 12.4 Å². The highest BCUT2D eigenvalue weighted by Gasteiger charge is 2.50. The lowest BCUT2D eigenvalue weighted by molar-refractivity contribution is -0.917. The Morgan fingerprint density at radius 3 is 2.36 bits per heavy atom. The molecule has 33 heavy (non-hydrogen) atoms. The molecule has 2 aromatic carbocycles. The van der Waals surface area contributed by atoms with Crippen molar-refractivity contribution in [1.29, 1.82) is 0 Å². The average molecular weight is 445 g/mol. The van der Waals surface area contributed by atoms with Crippen molar-refractivity contribution in [2.24, 2.45) is 0 Å². The summed E-state index contributed by atoms with van der Waals surface area (Å²) in [5.74, 6) is 0.293. The van der Waals surface area contributed by atoms with Gasteiger partial charge in [0.15, 0.2) is 6.10 Å². The average Bonchev–Trinajstić information content (AvgIpc) is 3.10. The van der Waals surface area contributed by atoms with Crippen molar-refractivity contribution in [1.82, 2.24) is 9.97 Å². The van der Waals surface area contributed by atoms with Crippen LogP contribution in [0.4, 0.5) is 0 Å². The number of carbonyl (C=O) groups is 1. The Kier molecular flexibility index (Phi) is 5.72. The molecule has 3 aromatic rings. The molecule has 1 aromatic heterocycles. The van der Waals surface area contributed by atoms with Crippen LogP contribution in [0, 0.1) is 0 Å². The van der Waals surface area contributed by atoms with Crippen molar-refractivity contribution in [3.8, 4) is 11.1 Å². The normalized spacial score (nSPS) is 22.9. The summed E-state index contributed by atoms with van der Waals surface area (Å²) in [4.78, 5) is 22.1. The van der Waals surface area contributed by atoms with Gasteiger partial charge in [-0.15, -0.1) is 0 Å². The molecule has 2 unspecified atom stereocenters. The lowest BCUT2D eigenvalue weighted by Crippen LogP contribution is -2.55. The van der Waals surface area contributed by atoms with E-state index in [0.717, 1.165) is 66.8 Å². The van der Waals surface area contributed by atoms with E-state index in [9.17, 15) is 9.90 Å². The molecule has 6 heteroatoms. The first-order valence-corrected chi connectivity index (χ1v) is 11.7. The van der Waals surface area contributed by atoms with Crippen LogP contribution in [0.2, 0.25) is 0 Å². The monoisotopic (exact) mass is 444 g/mol. The molecule has 6 nitrogen and oxygen atoms in total. The molecule has 0 bridgehead atoms. The molecule has 1 aliphatic carbocycles. The molecule has 2 atom stereocenters. The summed E-state index contributed by atoms with van der Waals surface area (Å²) in [6.07, 6.45) is 6.96. The van der Waals surface area contributed by atoms with Gasteiger partial charge in [0.05, 0.1) is 20.1 Å². The van der Waals surface area contributed by atoms with Gasteiger partial charge < -0.3 is 14.3 Å². The molecular weight excluding hydrogens is 414 g/mol. The van der Waals surface area contributed by atoms with Gasteiger partial charge in [0.25, 0.3) is 0 Å². The number of aliphatic hydroxyl groups is 1. The van der Waals surface area contributed by atoms with Crippen LogP contribution in [0.15, 0.2) is 67.0 Å². The van der Waals surface area contributed by atoms with Gasteiger partial charge in [-0.3, -0.25) is 0 Å². The molecule has 0 spiro atoms. The van der Waals surface area contributed by atoms with E-state index in [1.807, 2.05) is 54.6 Å². The Hall–Kier alpha value is -3.09. The predicted octanol–water partition coefficient (Wildman–Crippen LogP) is 3.48. The number of benzene rings is 2. The van der Waals surface area contributed by atoms with Crippen molar-refractivity contribution in [2.45, 2.75) is 37.4 Å². The van der Waals surface area contributed by atoms with Gasteiger partial charge in [-0.2, -0.15) is 0 Å². The van der Waals surface area contributed by atoms with Crippen molar-refractivity contribution in [2.75, 3.05) is 26.7 Å². The Labute approximate surface area is 194 Å². The van der Waals surface area contributed by atoms with Gasteiger partial charge in [-0.05, 0) is 23.6 Å². The smallest absolute Gasteiger partial charge is 0.348 e. The first-order valence-electron chi connectivity index (χ1n) is 11.7. The standard InChI is InChI=1S/C27H30N3O3/c1-30(18-7-14-25-28-15-8-16-29-25)17-6-9-20(19-30)33-26(31)27(32)23-12-4-2-10-21(23)22-11-3-5-13-24(22)27/h2-5,8,10-13,15-16,20,32H,6-7,9,14,17-19H2,1H3/q+1. The number of likely N-dealkylation sites (tertiary alicyclic amines) is 1. The zero-order chi connectivity index (χ0) is 22.9. The summed E-state index contributed by atoms with van der Waals surface area (Å²) in [5.41, 5.74) is 1.22. The van der Waals surface area contributed by atoms with Crippen LogP contribution in [0.1, 0.15) is 36.2 Å². The SMILES string of the molecule is C[N+]1(CCCc2ncccn2)CCCC(OC(=O)C2(O)c3ccccc3-c3ccccc32)C1. The minimum Gasteiger partial charge on any atom is -0.454 e. The van der Waals surface area contributed by atoms with E-state index in [1.54, 1.807) is 12.4 Å². The van der Waals surface area contributed by atoms with E-state index in [0.29, 0.717) is 11.1 Å². The number of aryl methyl sites for hydroxylation is 1. The topological polar surface area (TPSA) is 72.3 Å². The van der Waals surface area contributed by atoms with Gasteiger partial charge in [-0.25, -0.2) is 14.8 Å². The zero-order valence-corrected chi connectivity index (χ0v) is 19.0. The molecule has 1 N–H and O–H groups in total. The fourth-order valence-electron chi connectivity index (χ4n) is 5.42. The van der Waals surface area contributed by atoms with Crippen LogP contribution < -0.4 is 0 Å². The molecular formula is C27H30N3O3+. The third kappa shape index (κ3) is 4.05. The predicted molar refractivity (Wildman–Crippen MR) is 125 cm³/mol. The number of ether oxygens (including phenoxy) is 1. The van der Waals surface area contributed by atoms with Crippen LogP contribution in [-0.2, 0) is 21.6 Å². The van der Waals surface area contributed by atoms with Crippen molar-refractivity contribution < 1.29 is 19.1 Å². The second kappa shape index (κ2) is 8.69. The van der Waals surface area contributed by atoms with Crippen LogP contribution in [0.25, 0.3) is 11.1 Å². The second-order valence-electron chi connectivity index (χ2n) is 9.49. The van der Waals surface area contributed by atoms with Crippen molar-refractivity contribution in [3.05, 3.63) is 83.9 Å². The zero-order valence-electron chi connectivity index (χ0n) is 19.0. The molecule has 1 saturated heterocycles. The molecule has 0 radical (unpaired) electrons. The highest BCUT2D eigenvalue weighted by atomic mass is 16.6. The molecule has 0 saturated carbocycles. The quantitative estimate of drug-likeness (QED) is 0.466. The van der Waals surface area contributed by atoms with Crippen molar-refractivity contribution >= 4 is 5.97 Å². The number of esters is 1. The molecule has 5 rings (SSSR count). The number of fused-ring (bicyclic) bond motifs is 3. The summed E-state index contributed by atoms with van der Waals surface area (Å²) in [6, 6.07) is 16.9. The molecule has 1 aliphatic heterocycles. The fourth-order valence-corrected chi connectivity index (χ4v) is 5.42. The minimum absolute atomic E-state index is 0.215. The minimum atomic E-state index is -1.77. The van der Waals surface area contributed by atoms with Crippen LogP contribution in [-0.4, -0.2) is 58.3 Å². The Morgan fingerprint density at radius 2 is 1.70 bits per heavy atom. The van der Waals surface area contributed by atoms with Crippen LogP contribution in [0.5, 0.6) is 0 Å². The summed E-state index contributed by atoms with van der Waals surface area (Å²) < 4.78 is 6.87. The lowest BCUT2D eigenvalue weighted by Gasteiger charge is -2.41. The highest BCUT2D eigenvalue weighted by Crippen LogP contribution is 2.48. The van der Waals surface area contributed by atoms with Crippen LogP contribution >= 0.6 is 0 Å². The van der Waals surface area contributed by atoms with Crippen LogP contribution in [0.3, 0.4) is 0 Å². The maximum Gasteiger partial charge on any atom is 0.348 e. The second-order valence-corrected chi connectivity index (χ2v) is 9.49. The first kappa shape index (κ1) is 21.7. The maximum absolute atomic E-state index is 13.5. The molecule has 2 heterocycles. The van der Waals surface area contributed by atoms with Gasteiger partial charge >= 0.3 is 5.97 Å². The summed E-state index contributed by atoms with van der Waals surface area (Å²) in [6.45, 7) is 2.78. The van der Waals surface area contributed by atoms with E-state index in [1.165, 1.54) is 0 Å². The Bertz CT molecular complexity index is 1100. The molecule has 2 aliphatic rings. The maximum atomic E-state index is 13.5. The third-order valence-electron chi connectivity index (χ3n) is 7.08. The summed E-state index contributed by atoms with van der Waals surface area (Å²) in [5, 5.41) is 11.7. The van der Waals surface area contributed by atoms with E-state index < -0.39 is 11.6 Å². The highest BCUT2D eigenvalue weighted by molar-refractivity contribution is 5.96. The number of piperidine rings is 1. The van der Waals surface area contributed by atoms with Gasteiger partial charge in [0.2, 0.25) is 5.60 Å². The Morgan fingerprint density at radius 1 is 1.06 bits per heavy atom. The van der Waals surface area contributed by atoms with Crippen molar-refractivity contribution in [3.63, 3.8) is 0 Å². The number of hydrogen-bond donors (Lipinski definition) is 1. The van der Waals surface area contributed by atoms with E-state index in [4.69, 9.17) is 4.74 Å². The number of nitrogens with zero attached hydrogens (tertiary/aromatic N) is 3.